The Bertz CT molecular complexity index is 1650. The van der Waals surface area contributed by atoms with Crippen molar-refractivity contribution in [2.45, 2.75) is 72.4 Å². The number of nitrogens with two attached hydrogens (primary N) is 1. The van der Waals surface area contributed by atoms with Gasteiger partial charge in [-0.05, 0) is 69.7 Å². The Hall–Kier alpha value is -2.57. The lowest BCUT2D eigenvalue weighted by molar-refractivity contribution is -0.132. The number of carbonyl (C=O) groups is 1. The number of carbonyl (C=O) groups excluding carboxylic acids is 1. The molecule has 3 aromatic rings. The first-order valence-electron chi connectivity index (χ1n) is 15.4. The minimum atomic E-state index is -0.531. The van der Waals surface area contributed by atoms with Crippen LogP contribution in [0.1, 0.15) is 64.9 Å². The monoisotopic (exact) mass is 750 g/mol. The second-order valence-electron chi connectivity index (χ2n) is 10.6. The van der Waals surface area contributed by atoms with E-state index < -0.39 is 11.9 Å². The van der Waals surface area contributed by atoms with Crippen LogP contribution in [-0.2, 0) is 17.9 Å². The van der Waals surface area contributed by atoms with Gasteiger partial charge in [0.1, 0.15) is 5.56 Å². The van der Waals surface area contributed by atoms with E-state index >= 15 is 0 Å². The summed E-state index contributed by atoms with van der Waals surface area (Å²) in [5, 5.41) is 4.05. The van der Waals surface area contributed by atoms with Gasteiger partial charge in [-0.3, -0.25) is 24.3 Å². The maximum Gasteiger partial charge on any atom is 0.277 e. The molecule has 1 saturated heterocycles. The summed E-state index contributed by atoms with van der Waals surface area (Å²) in [4.78, 5) is 23.9. The highest BCUT2D eigenvalue weighted by atomic mass is 35.5. The second kappa shape index (κ2) is 18.3. The Morgan fingerprint density at radius 2 is 1.47 bits per heavy atom. The fourth-order valence-corrected chi connectivity index (χ4v) is 6.79. The van der Waals surface area contributed by atoms with Crippen LogP contribution in [-0.4, -0.2) is 45.1 Å². The first kappa shape index (κ1) is 38.9. The summed E-state index contributed by atoms with van der Waals surface area (Å²) < 4.78 is 35.7. The number of nitrogens with zero attached hydrogens (tertiary/aromatic N) is 4. The van der Waals surface area contributed by atoms with Gasteiger partial charge >= 0.3 is 0 Å². The summed E-state index contributed by atoms with van der Waals surface area (Å²) in [6.45, 7) is 7.58. The van der Waals surface area contributed by atoms with Crippen LogP contribution in [0.4, 0.5) is 20.2 Å². The van der Waals surface area contributed by atoms with E-state index in [1.807, 2.05) is 20.1 Å². The van der Waals surface area contributed by atoms with Crippen molar-refractivity contribution < 1.29 is 13.6 Å². The van der Waals surface area contributed by atoms with Gasteiger partial charge in [-0.25, -0.2) is 4.68 Å². The predicted molar refractivity (Wildman–Crippen MR) is 194 cm³/mol. The van der Waals surface area contributed by atoms with Crippen LogP contribution >= 0.6 is 58.4 Å². The average Bonchev–Trinajstić information content (AvgIpc) is 3.33. The number of rotatable bonds is 6. The van der Waals surface area contributed by atoms with Crippen LogP contribution in [0, 0.1) is 5.95 Å². The third-order valence-electron chi connectivity index (χ3n) is 7.67. The lowest BCUT2D eigenvalue weighted by Crippen LogP contribution is -2.40. The topological polar surface area (TPSA) is 88.5 Å². The number of nitrogens with one attached hydrogen (secondary N) is 1. The molecule has 47 heavy (non-hydrogen) atoms. The van der Waals surface area contributed by atoms with Crippen molar-refractivity contribution in [3.8, 4) is 11.1 Å². The highest BCUT2D eigenvalue weighted by molar-refractivity contribution is 7.99. The lowest BCUT2D eigenvalue weighted by atomic mass is 10.1. The first-order chi connectivity index (χ1) is 22.5. The number of nitrogen functional groups attached to an aromatic ring is 1. The van der Waals surface area contributed by atoms with Gasteiger partial charge in [0.05, 0.1) is 26.4 Å². The third kappa shape index (κ3) is 9.12. The molecule has 2 aliphatic heterocycles. The fourth-order valence-electron chi connectivity index (χ4n) is 5.30. The molecule has 0 aliphatic carbocycles. The van der Waals surface area contributed by atoms with E-state index in [1.165, 1.54) is 43.5 Å². The molecular weight excluding hydrogens is 712 g/mol. The van der Waals surface area contributed by atoms with Crippen molar-refractivity contribution in [1.29, 1.82) is 0 Å². The molecule has 3 N–H and O–H groups in total. The van der Waals surface area contributed by atoms with Crippen molar-refractivity contribution >= 4 is 81.7 Å². The number of benzene rings is 2. The molecule has 258 valence electrons. The van der Waals surface area contributed by atoms with Crippen LogP contribution < -0.4 is 16.0 Å². The highest BCUT2D eigenvalue weighted by Gasteiger charge is 2.25. The molecule has 2 aromatic carbocycles. The molecule has 0 saturated carbocycles. The molecule has 2 aliphatic rings. The highest BCUT2D eigenvalue weighted by Crippen LogP contribution is 2.37. The summed E-state index contributed by atoms with van der Waals surface area (Å²) >= 11 is 25.8. The molecule has 1 fully saturated rings. The fraction of sp³-hybridized carbons (Fsp3) is 0.438. The molecule has 0 bridgehead atoms. The molecule has 0 atom stereocenters. The quantitative estimate of drug-likeness (QED) is 0.113. The zero-order valence-corrected chi connectivity index (χ0v) is 30.7. The van der Waals surface area contributed by atoms with E-state index in [9.17, 15) is 18.4 Å². The van der Waals surface area contributed by atoms with Crippen molar-refractivity contribution in [1.82, 2.24) is 19.4 Å². The van der Waals surface area contributed by atoms with Crippen LogP contribution in [0.15, 0.2) is 35.0 Å². The largest absolute Gasteiger partial charge is 0.398 e. The zero-order valence-electron chi connectivity index (χ0n) is 26.8. The maximum absolute atomic E-state index is 14.9. The lowest BCUT2D eigenvalue weighted by Gasteiger charge is -2.31. The third-order valence-corrected chi connectivity index (χ3v) is 9.36. The molecule has 1 amide bonds. The number of anilines is 2. The van der Waals surface area contributed by atoms with E-state index in [1.54, 1.807) is 19.1 Å². The summed E-state index contributed by atoms with van der Waals surface area (Å²) in [5.74, 6) is -1.03. The van der Waals surface area contributed by atoms with E-state index in [-0.39, 0.29) is 16.1 Å². The first-order valence-corrected chi connectivity index (χ1v) is 18.1. The van der Waals surface area contributed by atoms with Gasteiger partial charge in [-0.1, -0.05) is 72.2 Å². The molecule has 0 spiro atoms. The number of amides is 1. The molecule has 0 unspecified atom stereocenters. The SMILES string of the molecule is C/C(=C(/F)N1CCCCCN1C=O)c1cc(N)c(Cl)cc1Cl.CC.CSNc1cc(-c2c(F)n3n(c2=O)CCCCC3)c(Cl)cc1Cl. The van der Waals surface area contributed by atoms with Crippen molar-refractivity contribution in [3.05, 3.63) is 72.2 Å². The van der Waals surface area contributed by atoms with Crippen LogP contribution in [0.25, 0.3) is 16.7 Å². The van der Waals surface area contributed by atoms with E-state index in [4.69, 9.17) is 52.1 Å². The summed E-state index contributed by atoms with van der Waals surface area (Å²) in [6, 6.07) is 6.19. The van der Waals surface area contributed by atoms with Crippen LogP contribution in [0.3, 0.4) is 0 Å². The Morgan fingerprint density at radius 3 is 2.11 bits per heavy atom. The Morgan fingerprint density at radius 1 is 0.872 bits per heavy atom. The minimum Gasteiger partial charge on any atom is -0.398 e. The molecule has 5 rings (SSSR count). The average molecular weight is 753 g/mol. The van der Waals surface area contributed by atoms with Gasteiger partial charge in [0, 0.05) is 54.2 Å². The van der Waals surface area contributed by atoms with Crippen molar-refractivity contribution in [3.63, 3.8) is 0 Å². The second-order valence-corrected chi connectivity index (χ2v) is 12.9. The molecule has 8 nitrogen and oxygen atoms in total. The standard InChI is InChI=1S/C15H16Cl2FN3OS.C15H18Cl2FN3O.C2H6/c1-23-19-12-7-9(10(16)8-11(12)17)13-14(18)20-5-3-2-4-6-21(20)15(13)22;1-10(11-7-14(19)13(17)8-12(11)16)15(18)21-6-4-2-3-5-20(21)9-22;1-2/h7-8,19H,2-6H2,1H3;7-9H,2-6,19H2,1H3;1-2H3/b;15-10+;. The molecule has 0 radical (unpaired) electrons. The number of hydrogen-bond donors (Lipinski definition) is 2. The maximum atomic E-state index is 14.9. The molecule has 3 heterocycles. The molecular formula is C32H40Cl4F2N6O2S. The van der Waals surface area contributed by atoms with Gasteiger partial charge in [0.2, 0.25) is 18.3 Å². The van der Waals surface area contributed by atoms with E-state index in [0.29, 0.717) is 75.7 Å². The van der Waals surface area contributed by atoms with Gasteiger partial charge in [0.15, 0.2) is 0 Å². The zero-order chi connectivity index (χ0) is 34.8. The summed E-state index contributed by atoms with van der Waals surface area (Å²) in [6.07, 6.45) is 7.86. The Balaban J connectivity index is 0.000000243. The van der Waals surface area contributed by atoms with Gasteiger partial charge < -0.3 is 10.5 Å². The Kier molecular flexibility index (Phi) is 15.1. The summed E-state index contributed by atoms with van der Waals surface area (Å²) in [7, 11) is 0. The number of halogens is 6. The van der Waals surface area contributed by atoms with Gasteiger partial charge in [0.25, 0.3) is 5.56 Å². The number of hydrazine groups is 1. The van der Waals surface area contributed by atoms with Crippen molar-refractivity contribution in [2.24, 2.45) is 0 Å². The van der Waals surface area contributed by atoms with Crippen LogP contribution in [0.2, 0.25) is 20.1 Å². The van der Waals surface area contributed by atoms with E-state index in [0.717, 1.165) is 38.5 Å². The predicted octanol–water partition coefficient (Wildman–Crippen LogP) is 9.76. The van der Waals surface area contributed by atoms with Crippen molar-refractivity contribution in [2.75, 3.05) is 29.8 Å². The van der Waals surface area contributed by atoms with E-state index in [2.05, 4.69) is 4.72 Å². The number of fused-ring (bicyclic) bond motifs is 1. The number of aromatic nitrogens is 2. The van der Waals surface area contributed by atoms with Gasteiger partial charge in [-0.2, -0.15) is 8.78 Å². The van der Waals surface area contributed by atoms with Crippen LogP contribution in [0.5, 0.6) is 0 Å². The summed E-state index contributed by atoms with van der Waals surface area (Å²) in [5.41, 5.74) is 7.52. The molecule has 1 aromatic heterocycles. The smallest absolute Gasteiger partial charge is 0.277 e. The Labute approximate surface area is 298 Å². The van der Waals surface area contributed by atoms with Gasteiger partial charge in [-0.15, -0.1) is 0 Å². The normalized spacial score (nSPS) is 15.2. The minimum absolute atomic E-state index is 0.0118. The number of allylic oxidation sites excluding steroid dienone is 1. The molecule has 15 heteroatoms. The number of hydrogen-bond acceptors (Lipinski definition) is 6.